The molecule has 0 aliphatic rings. The molecule has 2 nitrogen and oxygen atoms in total. The van der Waals surface area contributed by atoms with Crippen LogP contribution in [0.15, 0.2) is 12.1 Å². The van der Waals surface area contributed by atoms with Crippen molar-refractivity contribution in [2.24, 2.45) is 0 Å². The molecular formula is C9H11F3N2. The summed E-state index contributed by atoms with van der Waals surface area (Å²) in [4.78, 5) is 3.70. The third-order valence-corrected chi connectivity index (χ3v) is 1.84. The molecule has 14 heavy (non-hydrogen) atoms. The first-order valence-electron chi connectivity index (χ1n) is 4.16. The number of pyridine rings is 1. The van der Waals surface area contributed by atoms with E-state index >= 15 is 0 Å². The number of halogens is 3. The van der Waals surface area contributed by atoms with Gasteiger partial charge in [-0.05, 0) is 18.1 Å². The maximum Gasteiger partial charge on any atom is 0.419 e. The van der Waals surface area contributed by atoms with Crippen LogP contribution in [0.4, 0.5) is 19.0 Å². The van der Waals surface area contributed by atoms with Crippen LogP contribution in [-0.4, -0.2) is 4.98 Å². The van der Waals surface area contributed by atoms with Crippen LogP contribution >= 0.6 is 0 Å². The van der Waals surface area contributed by atoms with Crippen LogP contribution in [0.5, 0.6) is 0 Å². The summed E-state index contributed by atoms with van der Waals surface area (Å²) in [5.41, 5.74) is 4.91. The predicted octanol–water partition coefficient (Wildman–Crippen LogP) is 2.81. The number of aromatic nitrogens is 1. The quantitative estimate of drug-likeness (QED) is 0.763. The van der Waals surface area contributed by atoms with E-state index in [1.165, 1.54) is 6.07 Å². The van der Waals surface area contributed by atoms with E-state index in [2.05, 4.69) is 4.98 Å². The average molecular weight is 204 g/mol. The molecule has 78 valence electrons. The topological polar surface area (TPSA) is 38.9 Å². The minimum Gasteiger partial charge on any atom is -0.383 e. The number of anilines is 1. The summed E-state index contributed by atoms with van der Waals surface area (Å²) >= 11 is 0. The highest BCUT2D eigenvalue weighted by molar-refractivity contribution is 5.42. The molecule has 0 fully saturated rings. The molecule has 5 heteroatoms. The van der Waals surface area contributed by atoms with Gasteiger partial charge in [0.1, 0.15) is 5.82 Å². The minimum absolute atomic E-state index is 0.0691. The summed E-state index contributed by atoms with van der Waals surface area (Å²) in [5, 5.41) is 0. The lowest BCUT2D eigenvalue weighted by Crippen LogP contribution is -2.11. The van der Waals surface area contributed by atoms with Gasteiger partial charge in [0.15, 0.2) is 0 Å². The van der Waals surface area contributed by atoms with Gasteiger partial charge < -0.3 is 5.73 Å². The van der Waals surface area contributed by atoms with Crippen LogP contribution in [0, 0.1) is 0 Å². The largest absolute Gasteiger partial charge is 0.419 e. The molecule has 0 radical (unpaired) electrons. The zero-order valence-electron chi connectivity index (χ0n) is 7.89. The van der Waals surface area contributed by atoms with Gasteiger partial charge in [-0.2, -0.15) is 13.2 Å². The van der Waals surface area contributed by atoms with Gasteiger partial charge >= 0.3 is 6.18 Å². The van der Waals surface area contributed by atoms with Crippen molar-refractivity contribution >= 4 is 5.82 Å². The molecule has 0 saturated heterocycles. The molecule has 2 N–H and O–H groups in total. The van der Waals surface area contributed by atoms with E-state index in [1.54, 1.807) is 0 Å². The van der Waals surface area contributed by atoms with Gasteiger partial charge in [0.25, 0.3) is 0 Å². The Bertz CT molecular complexity index is 331. The predicted molar refractivity (Wildman–Crippen MR) is 47.7 cm³/mol. The van der Waals surface area contributed by atoms with Crippen molar-refractivity contribution in [2.45, 2.75) is 25.9 Å². The summed E-state index contributed by atoms with van der Waals surface area (Å²) in [6.45, 7) is 3.68. The molecule has 1 heterocycles. The van der Waals surface area contributed by atoms with Crippen molar-refractivity contribution in [3.8, 4) is 0 Å². The number of nitrogen functional groups attached to an aromatic ring is 1. The highest BCUT2D eigenvalue weighted by Crippen LogP contribution is 2.33. The van der Waals surface area contributed by atoms with Crippen molar-refractivity contribution in [1.82, 2.24) is 4.98 Å². The summed E-state index contributed by atoms with van der Waals surface area (Å²) in [6.07, 6.45) is -4.42. The van der Waals surface area contributed by atoms with E-state index in [0.717, 1.165) is 6.07 Å². The summed E-state index contributed by atoms with van der Waals surface area (Å²) in [6, 6.07) is 2.32. The van der Waals surface area contributed by atoms with Crippen molar-refractivity contribution in [2.75, 3.05) is 5.73 Å². The highest BCUT2D eigenvalue weighted by Gasteiger charge is 2.33. The molecule has 0 amide bonds. The molecule has 0 bridgehead atoms. The normalized spacial score (nSPS) is 12.1. The number of nitrogens with two attached hydrogens (primary N) is 1. The fourth-order valence-corrected chi connectivity index (χ4v) is 1.05. The maximum absolute atomic E-state index is 12.3. The summed E-state index contributed by atoms with van der Waals surface area (Å²) < 4.78 is 36.8. The molecule has 0 aliphatic heterocycles. The van der Waals surface area contributed by atoms with Crippen molar-refractivity contribution in [1.29, 1.82) is 0 Å². The number of hydrogen-bond donors (Lipinski definition) is 1. The Morgan fingerprint density at radius 1 is 1.29 bits per heavy atom. The molecule has 0 saturated carbocycles. The third kappa shape index (κ3) is 2.16. The lowest BCUT2D eigenvalue weighted by molar-refractivity contribution is -0.137. The first-order valence-corrected chi connectivity index (χ1v) is 4.16. The van der Waals surface area contributed by atoms with E-state index in [4.69, 9.17) is 5.73 Å². The number of rotatable bonds is 1. The van der Waals surface area contributed by atoms with Crippen LogP contribution in [0.3, 0.4) is 0 Å². The van der Waals surface area contributed by atoms with Crippen LogP contribution < -0.4 is 5.73 Å². The van der Waals surface area contributed by atoms with E-state index in [1.807, 2.05) is 13.8 Å². The molecule has 1 aromatic heterocycles. The number of hydrogen-bond acceptors (Lipinski definition) is 2. The highest BCUT2D eigenvalue weighted by atomic mass is 19.4. The zero-order chi connectivity index (χ0) is 10.9. The second kappa shape index (κ2) is 3.48. The molecule has 0 unspecified atom stereocenters. The van der Waals surface area contributed by atoms with E-state index in [0.29, 0.717) is 5.69 Å². The Morgan fingerprint density at radius 3 is 2.21 bits per heavy atom. The lowest BCUT2D eigenvalue weighted by atomic mass is 10.1. The van der Waals surface area contributed by atoms with Gasteiger partial charge in [0.2, 0.25) is 0 Å². The van der Waals surface area contributed by atoms with Crippen LogP contribution in [0.2, 0.25) is 0 Å². The molecule has 1 aromatic rings. The van der Waals surface area contributed by atoms with E-state index < -0.39 is 17.6 Å². The van der Waals surface area contributed by atoms with Crippen LogP contribution in [0.25, 0.3) is 0 Å². The average Bonchev–Trinajstić information content (AvgIpc) is 2.01. The van der Waals surface area contributed by atoms with Crippen LogP contribution in [0.1, 0.15) is 31.0 Å². The van der Waals surface area contributed by atoms with Gasteiger partial charge in [-0.3, -0.25) is 0 Å². The van der Waals surface area contributed by atoms with Crippen molar-refractivity contribution in [3.05, 3.63) is 23.4 Å². The Labute approximate surface area is 79.9 Å². The smallest absolute Gasteiger partial charge is 0.383 e. The first-order chi connectivity index (χ1) is 6.32. The Morgan fingerprint density at radius 2 is 1.86 bits per heavy atom. The molecule has 1 rings (SSSR count). The maximum atomic E-state index is 12.3. The van der Waals surface area contributed by atoms with Gasteiger partial charge in [-0.1, -0.05) is 13.8 Å². The molecule has 0 aliphatic carbocycles. The molecule has 0 spiro atoms. The Hall–Kier alpha value is -1.26. The van der Waals surface area contributed by atoms with Gasteiger partial charge in [-0.15, -0.1) is 0 Å². The third-order valence-electron chi connectivity index (χ3n) is 1.84. The lowest BCUT2D eigenvalue weighted by Gasteiger charge is -2.11. The second-order valence-corrected chi connectivity index (χ2v) is 3.32. The fraction of sp³-hybridized carbons (Fsp3) is 0.444. The van der Waals surface area contributed by atoms with Gasteiger partial charge in [-0.25, -0.2) is 4.98 Å². The number of nitrogens with zero attached hydrogens (tertiary/aromatic N) is 1. The second-order valence-electron chi connectivity index (χ2n) is 3.32. The first kappa shape index (κ1) is 10.8. The molecule has 0 aromatic carbocycles. The Balaban J connectivity index is 3.15. The monoisotopic (exact) mass is 204 g/mol. The van der Waals surface area contributed by atoms with E-state index in [9.17, 15) is 13.2 Å². The van der Waals surface area contributed by atoms with Crippen molar-refractivity contribution < 1.29 is 13.2 Å². The number of alkyl halides is 3. The fourth-order valence-electron chi connectivity index (χ4n) is 1.05. The molecule has 0 atom stereocenters. The van der Waals surface area contributed by atoms with E-state index in [-0.39, 0.29) is 5.92 Å². The van der Waals surface area contributed by atoms with Gasteiger partial charge in [0.05, 0.1) is 5.56 Å². The molecular weight excluding hydrogens is 193 g/mol. The van der Waals surface area contributed by atoms with Crippen molar-refractivity contribution in [3.63, 3.8) is 0 Å². The van der Waals surface area contributed by atoms with Gasteiger partial charge in [0, 0.05) is 5.69 Å². The SMILES string of the molecule is CC(C)c1ccc(C(F)(F)F)c(N)n1. The minimum atomic E-state index is -4.42. The standard InChI is InChI=1S/C9H11F3N2/c1-5(2)7-4-3-6(8(13)14-7)9(10,11)12/h3-5H,1-2H3,(H2,13,14). The summed E-state index contributed by atoms with van der Waals surface area (Å²) in [5.74, 6) is -0.386. The zero-order valence-corrected chi connectivity index (χ0v) is 7.89. The van der Waals surface area contributed by atoms with Crippen LogP contribution in [-0.2, 0) is 6.18 Å². The Kier molecular flexibility index (Phi) is 2.69. The summed E-state index contributed by atoms with van der Waals surface area (Å²) in [7, 11) is 0.